The number of methoxy groups -OCH3 is 1. The largest absolute Gasteiger partial charge is 0.496 e. The molecule has 0 amide bonds. The van der Waals surface area contributed by atoms with E-state index in [0.29, 0.717) is 0 Å². The van der Waals surface area contributed by atoms with Crippen LogP contribution in [0.4, 0.5) is 0 Å². The minimum Gasteiger partial charge on any atom is -0.496 e. The van der Waals surface area contributed by atoms with Crippen LogP contribution in [-0.2, 0) is 11.2 Å². The van der Waals surface area contributed by atoms with Gasteiger partial charge in [0, 0.05) is 6.42 Å². The third kappa shape index (κ3) is 2.97. The average molecular weight is 238 g/mol. The molecule has 17 heavy (non-hydrogen) atoms. The molecule has 4 nitrogen and oxygen atoms in total. The molecule has 0 aliphatic rings. The molecule has 0 saturated carbocycles. The molecule has 0 aliphatic heterocycles. The van der Waals surface area contributed by atoms with Crippen LogP contribution in [0, 0.1) is 13.8 Å². The number of ether oxygens (including phenoxy) is 1. The summed E-state index contributed by atoms with van der Waals surface area (Å²) in [6.07, 6.45) is 0.0774. The Kier molecular flexibility index (Phi) is 3.78. The van der Waals surface area contributed by atoms with E-state index in [4.69, 9.17) is 9.84 Å². The Morgan fingerprint density at radius 3 is 2.18 bits per heavy atom. The first-order valence-electron chi connectivity index (χ1n) is 5.38. The zero-order valence-corrected chi connectivity index (χ0v) is 10.6. The van der Waals surface area contributed by atoms with E-state index in [1.807, 2.05) is 26.0 Å². The molecule has 1 rings (SSSR count). The third-order valence-corrected chi connectivity index (χ3v) is 2.73. The van der Waals surface area contributed by atoms with E-state index in [1.54, 1.807) is 7.11 Å². The summed E-state index contributed by atoms with van der Waals surface area (Å²) in [4.78, 5) is 10.8. The highest BCUT2D eigenvalue weighted by atomic mass is 16.5. The lowest BCUT2D eigenvalue weighted by Crippen LogP contribution is -2.37. The maximum absolute atomic E-state index is 10.8. The maximum atomic E-state index is 10.8. The van der Waals surface area contributed by atoms with Crippen LogP contribution in [0.2, 0.25) is 0 Å². The van der Waals surface area contributed by atoms with Gasteiger partial charge in [-0.1, -0.05) is 12.1 Å². The standard InChI is InChI=1S/C13H18O4/c1-8-5-10(6-9(2)11(8)17-4)7-13(3,16)12(14)15/h5-6,16H,7H2,1-4H3,(H,14,15). The molecule has 1 aromatic rings. The highest BCUT2D eigenvalue weighted by Gasteiger charge is 2.30. The van der Waals surface area contributed by atoms with Gasteiger partial charge in [0.2, 0.25) is 0 Å². The van der Waals surface area contributed by atoms with Crippen LogP contribution in [0.15, 0.2) is 12.1 Å². The molecule has 0 aliphatic carbocycles. The fourth-order valence-electron chi connectivity index (χ4n) is 1.94. The Bertz CT molecular complexity index is 412. The van der Waals surface area contributed by atoms with E-state index in [2.05, 4.69) is 0 Å². The summed E-state index contributed by atoms with van der Waals surface area (Å²) in [5, 5.41) is 18.6. The first-order valence-corrected chi connectivity index (χ1v) is 5.38. The van der Waals surface area contributed by atoms with Crippen LogP contribution in [-0.4, -0.2) is 28.9 Å². The summed E-state index contributed by atoms with van der Waals surface area (Å²) in [5.41, 5.74) is 0.911. The van der Waals surface area contributed by atoms with Crippen molar-refractivity contribution in [2.75, 3.05) is 7.11 Å². The molecule has 0 saturated heterocycles. The molecular weight excluding hydrogens is 220 g/mol. The molecule has 0 heterocycles. The lowest BCUT2D eigenvalue weighted by Gasteiger charge is -2.19. The van der Waals surface area contributed by atoms with Crippen LogP contribution in [0.5, 0.6) is 5.75 Å². The van der Waals surface area contributed by atoms with Gasteiger partial charge in [0.15, 0.2) is 5.60 Å². The van der Waals surface area contributed by atoms with E-state index < -0.39 is 11.6 Å². The molecular formula is C13H18O4. The number of benzene rings is 1. The summed E-state index contributed by atoms with van der Waals surface area (Å²) in [5.74, 6) is -0.424. The molecule has 1 unspecified atom stereocenters. The zero-order chi connectivity index (χ0) is 13.2. The summed E-state index contributed by atoms with van der Waals surface area (Å²) in [7, 11) is 1.60. The van der Waals surface area contributed by atoms with Gasteiger partial charge in [-0.2, -0.15) is 0 Å². The predicted octanol–water partition coefficient (Wildman–Crippen LogP) is 1.69. The quantitative estimate of drug-likeness (QED) is 0.837. The Labute approximate surface area is 101 Å². The van der Waals surface area contributed by atoms with Crippen molar-refractivity contribution in [2.45, 2.75) is 32.8 Å². The lowest BCUT2D eigenvalue weighted by atomic mass is 9.94. The maximum Gasteiger partial charge on any atom is 0.335 e. The van der Waals surface area contributed by atoms with Crippen LogP contribution in [0.25, 0.3) is 0 Å². The average Bonchev–Trinajstić information content (AvgIpc) is 2.15. The highest BCUT2D eigenvalue weighted by Crippen LogP contribution is 2.26. The molecule has 0 radical (unpaired) electrons. The van der Waals surface area contributed by atoms with Gasteiger partial charge in [-0.05, 0) is 37.5 Å². The SMILES string of the molecule is COc1c(C)cc(CC(C)(O)C(=O)O)cc1C. The van der Waals surface area contributed by atoms with Crippen molar-refractivity contribution in [3.05, 3.63) is 28.8 Å². The summed E-state index contributed by atoms with van der Waals surface area (Å²) >= 11 is 0. The molecule has 1 atom stereocenters. The number of hydrogen-bond acceptors (Lipinski definition) is 3. The van der Waals surface area contributed by atoms with Crippen LogP contribution >= 0.6 is 0 Å². The molecule has 0 fully saturated rings. The number of hydrogen-bond donors (Lipinski definition) is 2. The van der Waals surface area contributed by atoms with E-state index in [0.717, 1.165) is 22.4 Å². The van der Waals surface area contributed by atoms with E-state index in [9.17, 15) is 9.90 Å². The Hall–Kier alpha value is -1.55. The summed E-state index contributed by atoms with van der Waals surface area (Å²) in [6, 6.07) is 3.67. The zero-order valence-electron chi connectivity index (χ0n) is 10.6. The molecule has 0 aromatic heterocycles. The van der Waals surface area contributed by atoms with Gasteiger partial charge in [0.1, 0.15) is 5.75 Å². The normalized spacial score (nSPS) is 14.2. The number of carboxylic acid groups (broad SMARTS) is 1. The minimum atomic E-state index is -1.74. The van der Waals surface area contributed by atoms with Crippen molar-refractivity contribution in [1.82, 2.24) is 0 Å². The van der Waals surface area contributed by atoms with Crippen molar-refractivity contribution >= 4 is 5.97 Å². The second-order valence-corrected chi connectivity index (χ2v) is 4.52. The lowest BCUT2D eigenvalue weighted by molar-refractivity contribution is -0.156. The monoisotopic (exact) mass is 238 g/mol. The fourth-order valence-corrected chi connectivity index (χ4v) is 1.94. The Morgan fingerprint density at radius 1 is 1.35 bits per heavy atom. The second kappa shape index (κ2) is 4.75. The van der Waals surface area contributed by atoms with Crippen molar-refractivity contribution < 1.29 is 19.7 Å². The second-order valence-electron chi connectivity index (χ2n) is 4.52. The van der Waals surface area contributed by atoms with Crippen LogP contribution in [0.1, 0.15) is 23.6 Å². The van der Waals surface area contributed by atoms with Crippen molar-refractivity contribution in [2.24, 2.45) is 0 Å². The van der Waals surface area contributed by atoms with Crippen molar-refractivity contribution in [3.8, 4) is 5.75 Å². The van der Waals surface area contributed by atoms with Crippen LogP contribution < -0.4 is 4.74 Å². The highest BCUT2D eigenvalue weighted by molar-refractivity contribution is 5.77. The number of rotatable bonds is 4. The third-order valence-electron chi connectivity index (χ3n) is 2.73. The van der Waals surface area contributed by atoms with Gasteiger partial charge in [-0.3, -0.25) is 0 Å². The van der Waals surface area contributed by atoms with E-state index in [1.165, 1.54) is 6.92 Å². The van der Waals surface area contributed by atoms with Gasteiger partial charge >= 0.3 is 5.97 Å². The molecule has 0 spiro atoms. The predicted molar refractivity (Wildman–Crippen MR) is 64.4 cm³/mol. The number of carbonyl (C=O) groups is 1. The van der Waals surface area contributed by atoms with Crippen LogP contribution in [0.3, 0.4) is 0 Å². The Morgan fingerprint density at radius 2 is 1.82 bits per heavy atom. The van der Waals surface area contributed by atoms with E-state index in [-0.39, 0.29) is 6.42 Å². The smallest absolute Gasteiger partial charge is 0.335 e. The van der Waals surface area contributed by atoms with Gasteiger partial charge < -0.3 is 14.9 Å². The molecule has 94 valence electrons. The Balaban J connectivity index is 3.06. The van der Waals surface area contributed by atoms with Gasteiger partial charge in [0.25, 0.3) is 0 Å². The minimum absolute atomic E-state index is 0.0774. The first-order chi connectivity index (χ1) is 7.77. The van der Waals surface area contributed by atoms with Gasteiger partial charge in [-0.15, -0.1) is 0 Å². The number of aryl methyl sites for hydroxylation is 2. The topological polar surface area (TPSA) is 66.8 Å². The molecule has 4 heteroatoms. The number of carboxylic acids is 1. The summed E-state index contributed by atoms with van der Waals surface area (Å²) < 4.78 is 5.23. The number of aliphatic hydroxyl groups is 1. The molecule has 0 bridgehead atoms. The summed E-state index contributed by atoms with van der Waals surface area (Å²) in [6.45, 7) is 5.08. The molecule has 2 N–H and O–H groups in total. The first kappa shape index (κ1) is 13.5. The fraction of sp³-hybridized carbons (Fsp3) is 0.462. The molecule has 1 aromatic carbocycles. The van der Waals surface area contributed by atoms with E-state index >= 15 is 0 Å². The van der Waals surface area contributed by atoms with Gasteiger partial charge in [0.05, 0.1) is 7.11 Å². The van der Waals surface area contributed by atoms with Gasteiger partial charge in [-0.25, -0.2) is 4.79 Å². The van der Waals surface area contributed by atoms with Crippen molar-refractivity contribution in [3.63, 3.8) is 0 Å². The van der Waals surface area contributed by atoms with Crippen molar-refractivity contribution in [1.29, 1.82) is 0 Å². The number of aliphatic carboxylic acids is 1.